The Balaban J connectivity index is 1.79. The number of phenols is 1. The van der Waals surface area contributed by atoms with Crippen molar-refractivity contribution in [2.75, 3.05) is 12.0 Å². The number of amides is 3. The van der Waals surface area contributed by atoms with Gasteiger partial charge in [-0.3, -0.25) is 14.4 Å². The number of aliphatic hydroxyl groups is 1. The van der Waals surface area contributed by atoms with Crippen molar-refractivity contribution < 1.29 is 34.5 Å². The van der Waals surface area contributed by atoms with Crippen LogP contribution >= 0.6 is 11.8 Å². The smallest absolute Gasteiger partial charge is 0.326 e. The van der Waals surface area contributed by atoms with E-state index >= 15 is 0 Å². The van der Waals surface area contributed by atoms with Crippen LogP contribution in [-0.4, -0.2) is 86.3 Å². The van der Waals surface area contributed by atoms with E-state index in [9.17, 15) is 34.5 Å². The molecule has 0 fully saturated rings. The van der Waals surface area contributed by atoms with Gasteiger partial charge >= 0.3 is 5.97 Å². The molecule has 3 rings (SSSR count). The first kappa shape index (κ1) is 32.4. The molecule has 226 valence electrons. The summed E-state index contributed by atoms with van der Waals surface area (Å²) < 4.78 is 0. The van der Waals surface area contributed by atoms with Crippen molar-refractivity contribution in [3.05, 3.63) is 65.9 Å². The summed E-state index contributed by atoms with van der Waals surface area (Å²) in [6, 6.07) is 8.36. The number of carboxylic acids is 1. The Morgan fingerprint density at radius 2 is 1.60 bits per heavy atom. The number of aliphatic hydroxyl groups excluding tert-OH is 1. The van der Waals surface area contributed by atoms with Gasteiger partial charge < -0.3 is 42.0 Å². The molecule has 0 aliphatic rings. The van der Waals surface area contributed by atoms with Gasteiger partial charge in [0, 0.05) is 29.9 Å². The van der Waals surface area contributed by atoms with Crippen LogP contribution in [0.25, 0.3) is 10.9 Å². The number of thioether (sulfide) groups is 1. The molecule has 12 nitrogen and oxygen atoms in total. The Morgan fingerprint density at radius 1 is 0.929 bits per heavy atom. The molecular weight excluding hydrogens is 562 g/mol. The summed E-state index contributed by atoms with van der Waals surface area (Å²) in [5.41, 5.74) is 8.15. The number of carbonyl (C=O) groups is 4. The summed E-state index contributed by atoms with van der Waals surface area (Å²) in [6.45, 7) is 1.28. The van der Waals surface area contributed by atoms with Gasteiger partial charge in [-0.15, -0.1) is 0 Å². The van der Waals surface area contributed by atoms with Crippen molar-refractivity contribution in [2.24, 2.45) is 5.73 Å². The van der Waals surface area contributed by atoms with Crippen LogP contribution in [0.4, 0.5) is 0 Å². The van der Waals surface area contributed by atoms with Crippen molar-refractivity contribution in [3.63, 3.8) is 0 Å². The average molecular weight is 600 g/mol. The summed E-state index contributed by atoms with van der Waals surface area (Å²) in [4.78, 5) is 54.6. The van der Waals surface area contributed by atoms with Gasteiger partial charge in [0.25, 0.3) is 0 Å². The van der Waals surface area contributed by atoms with Crippen LogP contribution in [-0.2, 0) is 32.0 Å². The van der Waals surface area contributed by atoms with E-state index in [1.165, 1.54) is 43.0 Å². The third-order valence-corrected chi connectivity index (χ3v) is 7.40. The van der Waals surface area contributed by atoms with Gasteiger partial charge in [0.2, 0.25) is 17.7 Å². The van der Waals surface area contributed by atoms with E-state index in [1.54, 1.807) is 6.20 Å². The molecule has 42 heavy (non-hydrogen) atoms. The highest BCUT2D eigenvalue weighted by Crippen LogP contribution is 2.19. The maximum Gasteiger partial charge on any atom is 0.326 e. The first-order valence-electron chi connectivity index (χ1n) is 13.4. The quantitative estimate of drug-likeness (QED) is 0.123. The molecule has 0 bridgehead atoms. The topological polar surface area (TPSA) is 207 Å². The number of rotatable bonds is 15. The number of aromatic hydroxyl groups is 1. The number of aliphatic carboxylic acids is 1. The van der Waals surface area contributed by atoms with Crippen LogP contribution in [0.15, 0.2) is 54.7 Å². The number of hydrogen-bond acceptors (Lipinski definition) is 8. The highest BCUT2D eigenvalue weighted by Gasteiger charge is 2.33. The van der Waals surface area contributed by atoms with Gasteiger partial charge in [0.05, 0.1) is 12.1 Å². The van der Waals surface area contributed by atoms with E-state index in [2.05, 4.69) is 20.9 Å². The van der Waals surface area contributed by atoms with E-state index < -0.39 is 54.0 Å². The molecule has 0 radical (unpaired) electrons. The van der Waals surface area contributed by atoms with Crippen LogP contribution in [0.1, 0.15) is 24.5 Å². The second-order valence-electron chi connectivity index (χ2n) is 10.0. The lowest BCUT2D eigenvalue weighted by molar-refractivity contribution is -0.143. The monoisotopic (exact) mass is 599 g/mol. The number of H-pyrrole nitrogens is 1. The summed E-state index contributed by atoms with van der Waals surface area (Å²) in [6.07, 6.45) is 2.57. The number of aromatic nitrogens is 1. The SMILES string of the molecule is CSCCC(N)C(=O)NC(Cc1c[nH]c2ccccc12)C(=O)NC(C(=O)NC(Cc1ccc(O)cc1)C(=O)O)C(C)O. The summed E-state index contributed by atoms with van der Waals surface area (Å²) in [7, 11) is 0. The Hall–Kier alpha value is -4.07. The molecule has 1 aromatic heterocycles. The van der Waals surface area contributed by atoms with Crippen LogP contribution in [0.2, 0.25) is 0 Å². The summed E-state index contributed by atoms with van der Waals surface area (Å²) >= 11 is 1.53. The van der Waals surface area contributed by atoms with Crippen molar-refractivity contribution in [3.8, 4) is 5.75 Å². The molecule has 0 spiro atoms. The highest BCUT2D eigenvalue weighted by molar-refractivity contribution is 7.98. The number of phenolic OH excluding ortho intramolecular Hbond substituents is 1. The van der Waals surface area contributed by atoms with E-state index in [4.69, 9.17) is 5.73 Å². The van der Waals surface area contributed by atoms with Gasteiger partial charge in [-0.1, -0.05) is 30.3 Å². The first-order chi connectivity index (χ1) is 20.0. The largest absolute Gasteiger partial charge is 0.508 e. The van der Waals surface area contributed by atoms with Crippen molar-refractivity contribution in [1.82, 2.24) is 20.9 Å². The molecule has 0 aliphatic carbocycles. The molecule has 3 aromatic rings. The Morgan fingerprint density at radius 3 is 2.24 bits per heavy atom. The van der Waals surface area contributed by atoms with Crippen LogP contribution in [0, 0.1) is 0 Å². The summed E-state index contributed by atoms with van der Waals surface area (Å²) in [5.74, 6) is -2.88. The number of hydrogen-bond donors (Lipinski definition) is 8. The number of aromatic amines is 1. The molecule has 2 aromatic carbocycles. The second-order valence-corrected chi connectivity index (χ2v) is 11.0. The molecule has 3 amide bonds. The van der Waals surface area contributed by atoms with E-state index in [0.29, 0.717) is 17.7 Å². The van der Waals surface area contributed by atoms with E-state index in [-0.39, 0.29) is 18.6 Å². The lowest BCUT2D eigenvalue weighted by Gasteiger charge is -2.26. The fourth-order valence-electron chi connectivity index (χ4n) is 4.37. The lowest BCUT2D eigenvalue weighted by atomic mass is 10.0. The molecule has 5 unspecified atom stereocenters. The number of para-hydroxylation sites is 1. The van der Waals surface area contributed by atoms with Gasteiger partial charge in [-0.25, -0.2) is 4.79 Å². The highest BCUT2D eigenvalue weighted by atomic mass is 32.2. The minimum absolute atomic E-state index is 0.00559. The molecular formula is C29H37N5O7S. The number of nitrogens with one attached hydrogen (secondary N) is 4. The number of benzene rings is 2. The van der Waals surface area contributed by atoms with Crippen molar-refractivity contribution in [2.45, 2.75) is 56.5 Å². The van der Waals surface area contributed by atoms with Crippen LogP contribution in [0.5, 0.6) is 5.75 Å². The molecule has 5 atom stereocenters. The van der Waals surface area contributed by atoms with E-state index in [1.807, 2.05) is 30.5 Å². The Labute approximate surface area is 247 Å². The van der Waals surface area contributed by atoms with Gasteiger partial charge in [-0.05, 0) is 54.7 Å². The predicted octanol–water partition coefficient (Wildman–Crippen LogP) is 0.659. The fraction of sp³-hybridized carbons (Fsp3) is 0.379. The zero-order valence-corrected chi connectivity index (χ0v) is 24.2. The maximum atomic E-state index is 13.5. The van der Waals surface area contributed by atoms with Crippen LogP contribution < -0.4 is 21.7 Å². The van der Waals surface area contributed by atoms with Crippen LogP contribution in [0.3, 0.4) is 0 Å². The maximum absolute atomic E-state index is 13.5. The normalized spacial score (nSPS) is 14.8. The first-order valence-corrected chi connectivity index (χ1v) is 14.8. The zero-order chi connectivity index (χ0) is 30.8. The second kappa shape index (κ2) is 15.2. The molecule has 0 aliphatic heterocycles. The van der Waals surface area contributed by atoms with Crippen molar-refractivity contribution >= 4 is 46.4 Å². The molecule has 0 saturated heterocycles. The number of nitrogens with two attached hydrogens (primary N) is 1. The number of fused-ring (bicyclic) bond motifs is 1. The van der Waals surface area contributed by atoms with Crippen molar-refractivity contribution in [1.29, 1.82) is 0 Å². The van der Waals surface area contributed by atoms with E-state index in [0.717, 1.165) is 16.5 Å². The molecule has 0 saturated carbocycles. The number of carboxylic acid groups (broad SMARTS) is 1. The minimum atomic E-state index is -1.52. The standard InChI is InChI=1S/C29H37N5O7S/c1-16(35)25(28(39)33-24(29(40)41)13-17-7-9-19(36)10-8-17)34-27(38)23(32-26(37)21(30)11-12-42-2)14-18-15-31-22-6-4-3-5-20(18)22/h3-10,15-16,21,23-25,31,35-36H,11-14,30H2,1-2H3,(H,32,37)(H,33,39)(H,34,38)(H,40,41). The summed E-state index contributed by atoms with van der Waals surface area (Å²) in [5, 5.41) is 37.9. The number of carbonyl (C=O) groups excluding carboxylic acids is 3. The molecule has 13 heteroatoms. The minimum Gasteiger partial charge on any atom is -0.508 e. The lowest BCUT2D eigenvalue weighted by Crippen LogP contribution is -2.60. The Bertz CT molecular complexity index is 1380. The fourth-order valence-corrected chi connectivity index (χ4v) is 4.86. The zero-order valence-electron chi connectivity index (χ0n) is 23.4. The molecule has 9 N–H and O–H groups in total. The van der Waals surface area contributed by atoms with Gasteiger partial charge in [-0.2, -0.15) is 11.8 Å². The third kappa shape index (κ3) is 8.96. The third-order valence-electron chi connectivity index (χ3n) is 6.76. The van der Waals surface area contributed by atoms with Gasteiger partial charge in [0.1, 0.15) is 23.9 Å². The predicted molar refractivity (Wildman–Crippen MR) is 160 cm³/mol. The average Bonchev–Trinajstić information content (AvgIpc) is 3.37. The van der Waals surface area contributed by atoms with Gasteiger partial charge in [0.15, 0.2) is 0 Å². The Kier molecular flexibility index (Phi) is 11.8. The molecule has 1 heterocycles.